The molecule has 2 aromatic heterocycles. The smallest absolute Gasteiger partial charge is 0.295 e. The maximum Gasteiger partial charge on any atom is 0.295 e. The van der Waals surface area contributed by atoms with E-state index in [-0.39, 0.29) is 12.0 Å². The number of amides is 1. The summed E-state index contributed by atoms with van der Waals surface area (Å²) in [6.45, 7) is 1.25. The number of thiazole rings is 1. The fraction of sp³-hybridized carbons (Fsp3) is 0.333. The standard InChI is InChI=1S/C18H18N2O3S2/c1-24-14-7-2-8-15-16(14)19-18(25-15)20(11-12-5-3-9-22-12)17(21)13-6-4-10-23-13/h2,4,6-8,10,12H,3,5,9,11H2,1H3/t12-/m1/s1. The van der Waals surface area contributed by atoms with E-state index in [1.807, 2.05) is 18.4 Å². The summed E-state index contributed by atoms with van der Waals surface area (Å²) in [5.74, 6) is 0.146. The van der Waals surface area contributed by atoms with E-state index >= 15 is 0 Å². The zero-order valence-electron chi connectivity index (χ0n) is 13.8. The van der Waals surface area contributed by atoms with Gasteiger partial charge in [-0.3, -0.25) is 9.69 Å². The van der Waals surface area contributed by atoms with E-state index in [0.29, 0.717) is 17.4 Å². The second-order valence-electron chi connectivity index (χ2n) is 5.83. The molecule has 0 N–H and O–H groups in total. The first-order valence-electron chi connectivity index (χ1n) is 8.17. The van der Waals surface area contributed by atoms with Crippen molar-refractivity contribution < 1.29 is 13.9 Å². The predicted octanol–water partition coefficient (Wildman–Crippen LogP) is 4.44. The average Bonchev–Trinajstić information content (AvgIpc) is 3.39. The number of hydrogen-bond donors (Lipinski definition) is 0. The van der Waals surface area contributed by atoms with Crippen LogP contribution in [-0.4, -0.2) is 36.4 Å². The average molecular weight is 374 g/mol. The number of carbonyl (C=O) groups excluding carboxylic acids is 1. The maximum atomic E-state index is 13.0. The molecule has 0 unspecified atom stereocenters. The van der Waals surface area contributed by atoms with Gasteiger partial charge in [0.25, 0.3) is 5.91 Å². The first-order chi connectivity index (χ1) is 12.3. The van der Waals surface area contributed by atoms with Crippen LogP contribution < -0.4 is 4.90 Å². The van der Waals surface area contributed by atoms with E-state index in [0.717, 1.165) is 34.6 Å². The number of nitrogens with zero attached hydrogens (tertiary/aromatic N) is 2. The van der Waals surface area contributed by atoms with Crippen LogP contribution in [0.15, 0.2) is 45.9 Å². The third-order valence-corrected chi connectivity index (χ3v) is 6.02. The minimum absolute atomic E-state index is 0.0472. The lowest BCUT2D eigenvalue weighted by Crippen LogP contribution is -2.37. The summed E-state index contributed by atoms with van der Waals surface area (Å²) in [5, 5.41) is 0.688. The lowest BCUT2D eigenvalue weighted by atomic mass is 10.2. The fourth-order valence-electron chi connectivity index (χ4n) is 2.96. The van der Waals surface area contributed by atoms with Crippen molar-refractivity contribution in [1.82, 2.24) is 4.98 Å². The normalized spacial score (nSPS) is 17.2. The number of thioether (sulfide) groups is 1. The third kappa shape index (κ3) is 3.31. The number of furan rings is 1. The highest BCUT2D eigenvalue weighted by atomic mass is 32.2. The van der Waals surface area contributed by atoms with Gasteiger partial charge in [-0.15, -0.1) is 11.8 Å². The second-order valence-corrected chi connectivity index (χ2v) is 7.69. The van der Waals surface area contributed by atoms with Gasteiger partial charge in [0, 0.05) is 11.5 Å². The summed E-state index contributed by atoms with van der Waals surface area (Å²) in [5.41, 5.74) is 0.944. The van der Waals surface area contributed by atoms with E-state index in [4.69, 9.17) is 14.1 Å². The van der Waals surface area contributed by atoms with E-state index in [1.165, 1.54) is 17.6 Å². The van der Waals surface area contributed by atoms with Crippen LogP contribution in [0, 0.1) is 0 Å². The Hall–Kier alpha value is -1.83. The first-order valence-corrected chi connectivity index (χ1v) is 10.2. The molecule has 0 radical (unpaired) electrons. The number of benzene rings is 1. The Morgan fingerprint density at radius 1 is 1.40 bits per heavy atom. The number of rotatable bonds is 5. The van der Waals surface area contributed by atoms with Crippen LogP contribution in [0.25, 0.3) is 10.2 Å². The van der Waals surface area contributed by atoms with Gasteiger partial charge in [0.2, 0.25) is 0 Å². The summed E-state index contributed by atoms with van der Waals surface area (Å²) in [4.78, 5) is 20.5. The van der Waals surface area contributed by atoms with Crippen LogP contribution >= 0.6 is 23.1 Å². The molecule has 130 valence electrons. The summed E-state index contributed by atoms with van der Waals surface area (Å²) >= 11 is 3.19. The van der Waals surface area contributed by atoms with Gasteiger partial charge in [-0.1, -0.05) is 17.4 Å². The quantitative estimate of drug-likeness (QED) is 0.618. The van der Waals surface area contributed by atoms with Gasteiger partial charge in [0.1, 0.15) is 0 Å². The van der Waals surface area contributed by atoms with Crippen molar-refractivity contribution in [2.45, 2.75) is 23.8 Å². The molecule has 1 amide bonds. The molecule has 1 fully saturated rings. The molecule has 5 nitrogen and oxygen atoms in total. The molecule has 3 aromatic rings. The SMILES string of the molecule is CSc1cccc2sc(N(C[C@H]3CCCO3)C(=O)c3ccco3)nc12. The van der Waals surface area contributed by atoms with Crippen molar-refractivity contribution in [3.63, 3.8) is 0 Å². The Balaban J connectivity index is 1.72. The van der Waals surface area contributed by atoms with Crippen LogP contribution in [0.2, 0.25) is 0 Å². The molecule has 3 heterocycles. The summed E-state index contributed by atoms with van der Waals surface area (Å²) in [6, 6.07) is 9.52. The van der Waals surface area contributed by atoms with Crippen molar-refractivity contribution in [2.75, 3.05) is 24.3 Å². The van der Waals surface area contributed by atoms with E-state index in [2.05, 4.69) is 6.07 Å². The van der Waals surface area contributed by atoms with Crippen molar-refractivity contribution in [1.29, 1.82) is 0 Å². The predicted molar refractivity (Wildman–Crippen MR) is 101 cm³/mol. The zero-order chi connectivity index (χ0) is 17.2. The Labute approximate surface area is 154 Å². The molecular formula is C18H18N2O3S2. The summed E-state index contributed by atoms with van der Waals surface area (Å²) in [6.07, 6.45) is 5.59. The largest absolute Gasteiger partial charge is 0.459 e. The van der Waals surface area contributed by atoms with E-state index < -0.39 is 0 Å². The van der Waals surface area contributed by atoms with Gasteiger partial charge in [0.15, 0.2) is 10.9 Å². The number of hydrogen-bond acceptors (Lipinski definition) is 6. The molecule has 0 aliphatic carbocycles. The number of anilines is 1. The second kappa shape index (κ2) is 7.19. The Morgan fingerprint density at radius 3 is 3.04 bits per heavy atom. The molecule has 0 spiro atoms. The minimum Gasteiger partial charge on any atom is -0.459 e. The monoisotopic (exact) mass is 374 g/mol. The van der Waals surface area contributed by atoms with Gasteiger partial charge in [0.05, 0.1) is 29.1 Å². The van der Waals surface area contributed by atoms with Crippen LogP contribution in [0.5, 0.6) is 0 Å². The van der Waals surface area contributed by atoms with Gasteiger partial charge >= 0.3 is 0 Å². The fourth-order valence-corrected chi connectivity index (χ4v) is 4.59. The molecule has 0 saturated carbocycles. The first kappa shape index (κ1) is 16.6. The lowest BCUT2D eigenvalue weighted by Gasteiger charge is -2.22. The van der Waals surface area contributed by atoms with Crippen LogP contribution in [0.3, 0.4) is 0 Å². The Kier molecular flexibility index (Phi) is 4.78. The minimum atomic E-state index is -0.176. The number of ether oxygens (including phenoxy) is 1. The molecule has 1 aromatic carbocycles. The molecule has 1 atom stereocenters. The van der Waals surface area contributed by atoms with Crippen molar-refractivity contribution in [3.8, 4) is 0 Å². The highest BCUT2D eigenvalue weighted by Gasteiger charge is 2.28. The number of aromatic nitrogens is 1. The van der Waals surface area contributed by atoms with E-state index in [1.54, 1.807) is 28.8 Å². The Morgan fingerprint density at radius 2 is 2.32 bits per heavy atom. The summed E-state index contributed by atoms with van der Waals surface area (Å²) < 4.78 is 12.1. The topological polar surface area (TPSA) is 55.6 Å². The van der Waals surface area contributed by atoms with Crippen molar-refractivity contribution >= 4 is 44.4 Å². The zero-order valence-corrected chi connectivity index (χ0v) is 15.4. The molecule has 0 bridgehead atoms. The highest BCUT2D eigenvalue weighted by Crippen LogP contribution is 2.35. The molecule has 7 heteroatoms. The molecule has 1 aliphatic heterocycles. The molecule has 1 saturated heterocycles. The maximum absolute atomic E-state index is 13.0. The lowest BCUT2D eigenvalue weighted by molar-refractivity contribution is 0.0895. The molecular weight excluding hydrogens is 356 g/mol. The summed E-state index contributed by atoms with van der Waals surface area (Å²) in [7, 11) is 0. The molecule has 25 heavy (non-hydrogen) atoms. The van der Waals surface area contributed by atoms with Crippen LogP contribution in [0.1, 0.15) is 23.4 Å². The molecule has 4 rings (SSSR count). The van der Waals surface area contributed by atoms with Gasteiger partial charge in [-0.25, -0.2) is 4.98 Å². The Bertz CT molecular complexity index is 870. The van der Waals surface area contributed by atoms with Crippen molar-refractivity contribution in [2.24, 2.45) is 0 Å². The number of fused-ring (bicyclic) bond motifs is 1. The number of carbonyl (C=O) groups is 1. The molecule has 1 aliphatic rings. The number of para-hydroxylation sites is 1. The van der Waals surface area contributed by atoms with Gasteiger partial charge in [-0.05, 0) is 43.4 Å². The van der Waals surface area contributed by atoms with Crippen molar-refractivity contribution in [3.05, 3.63) is 42.4 Å². The van der Waals surface area contributed by atoms with Crippen LogP contribution in [0.4, 0.5) is 5.13 Å². The third-order valence-electron chi connectivity index (χ3n) is 4.21. The highest BCUT2D eigenvalue weighted by molar-refractivity contribution is 7.98. The van der Waals surface area contributed by atoms with Gasteiger partial charge in [-0.2, -0.15) is 0 Å². The van der Waals surface area contributed by atoms with E-state index in [9.17, 15) is 4.79 Å². The van der Waals surface area contributed by atoms with Crippen LogP contribution in [-0.2, 0) is 4.74 Å². The van der Waals surface area contributed by atoms with Gasteiger partial charge < -0.3 is 9.15 Å².